The molecule has 136 valence electrons. The number of nitrogens with zero attached hydrogens (tertiary/aromatic N) is 1. The highest BCUT2D eigenvalue weighted by Crippen LogP contribution is 2.26. The van der Waals surface area contributed by atoms with E-state index in [4.69, 9.17) is 4.74 Å². The number of methoxy groups -OCH3 is 1. The van der Waals surface area contributed by atoms with Crippen LogP contribution in [0.15, 0.2) is 24.3 Å². The Balaban J connectivity index is 2.09. The summed E-state index contributed by atoms with van der Waals surface area (Å²) in [4.78, 5) is 38.6. The molecule has 1 aliphatic rings. The van der Waals surface area contributed by atoms with Crippen LogP contribution in [0.5, 0.6) is 0 Å². The lowest BCUT2D eigenvalue weighted by atomic mass is 9.94. The minimum atomic E-state index is -1.07. The summed E-state index contributed by atoms with van der Waals surface area (Å²) < 4.78 is 4.82. The number of carbonyl (C=O) groups excluding carboxylic acids is 3. The van der Waals surface area contributed by atoms with Crippen molar-refractivity contribution in [1.82, 2.24) is 5.32 Å². The zero-order chi connectivity index (χ0) is 18.6. The topological polar surface area (TPSA) is 75.7 Å². The molecule has 1 heterocycles. The van der Waals surface area contributed by atoms with Crippen LogP contribution in [0.4, 0.5) is 5.69 Å². The zero-order valence-electron chi connectivity index (χ0n) is 15.3. The Hall–Kier alpha value is -2.37. The molecule has 0 spiro atoms. The van der Waals surface area contributed by atoms with Crippen molar-refractivity contribution in [3.05, 3.63) is 29.8 Å². The molecule has 1 saturated heterocycles. The van der Waals surface area contributed by atoms with Gasteiger partial charge in [0.1, 0.15) is 5.54 Å². The van der Waals surface area contributed by atoms with Crippen molar-refractivity contribution in [3.8, 4) is 0 Å². The van der Waals surface area contributed by atoms with Crippen LogP contribution in [0.1, 0.15) is 38.7 Å². The second kappa shape index (κ2) is 7.68. The first-order chi connectivity index (χ1) is 11.8. The number of amides is 2. The van der Waals surface area contributed by atoms with Crippen LogP contribution in [0.3, 0.4) is 0 Å². The molecule has 0 radical (unpaired) electrons. The van der Waals surface area contributed by atoms with Gasteiger partial charge in [-0.05, 0) is 32.4 Å². The lowest BCUT2D eigenvalue weighted by Crippen LogP contribution is -2.54. The Labute approximate surface area is 148 Å². The van der Waals surface area contributed by atoms with E-state index in [-0.39, 0.29) is 18.2 Å². The van der Waals surface area contributed by atoms with E-state index in [2.05, 4.69) is 5.32 Å². The molecule has 1 aliphatic heterocycles. The smallest absolute Gasteiger partial charge is 0.331 e. The summed E-state index contributed by atoms with van der Waals surface area (Å²) in [5, 5.41) is 2.80. The van der Waals surface area contributed by atoms with E-state index in [1.165, 1.54) is 7.11 Å². The van der Waals surface area contributed by atoms with E-state index in [1.807, 2.05) is 38.1 Å². The fraction of sp³-hybridized carbons (Fsp3) is 0.526. The first-order valence-electron chi connectivity index (χ1n) is 8.58. The fourth-order valence-corrected chi connectivity index (χ4v) is 3.17. The van der Waals surface area contributed by atoms with Gasteiger partial charge in [0.25, 0.3) is 0 Å². The molecule has 1 N–H and O–H groups in total. The monoisotopic (exact) mass is 346 g/mol. The fourth-order valence-electron chi connectivity index (χ4n) is 3.17. The van der Waals surface area contributed by atoms with Crippen LogP contribution in [-0.2, 0) is 19.1 Å². The Kier molecular flexibility index (Phi) is 5.82. The van der Waals surface area contributed by atoms with Gasteiger partial charge >= 0.3 is 5.97 Å². The van der Waals surface area contributed by atoms with Gasteiger partial charge in [-0.25, -0.2) is 4.79 Å². The predicted octanol–water partition coefficient (Wildman–Crippen LogP) is 2.20. The highest BCUT2D eigenvalue weighted by atomic mass is 16.5. The van der Waals surface area contributed by atoms with Crippen LogP contribution >= 0.6 is 0 Å². The van der Waals surface area contributed by atoms with Gasteiger partial charge in [0.05, 0.1) is 13.0 Å². The van der Waals surface area contributed by atoms with E-state index in [1.54, 1.807) is 11.8 Å². The van der Waals surface area contributed by atoms with Crippen molar-refractivity contribution < 1.29 is 19.1 Å². The van der Waals surface area contributed by atoms with Gasteiger partial charge < -0.3 is 15.0 Å². The lowest BCUT2D eigenvalue weighted by molar-refractivity contribution is -0.151. The normalized spacial score (nSPS) is 19.4. The average Bonchev–Trinajstić information content (AvgIpc) is 2.97. The third-order valence-electron chi connectivity index (χ3n) is 4.63. The highest BCUT2D eigenvalue weighted by Gasteiger charge is 2.40. The molecule has 2 amide bonds. The maximum atomic E-state index is 12.6. The summed E-state index contributed by atoms with van der Waals surface area (Å²) in [5.41, 5.74) is 0.828. The molecule has 0 saturated carbocycles. The number of ether oxygens (including phenoxy) is 1. The Morgan fingerprint density at radius 2 is 1.96 bits per heavy atom. The summed E-state index contributed by atoms with van der Waals surface area (Å²) >= 11 is 0. The van der Waals surface area contributed by atoms with Crippen LogP contribution < -0.4 is 10.2 Å². The average molecular weight is 346 g/mol. The van der Waals surface area contributed by atoms with Crippen LogP contribution in [0.2, 0.25) is 0 Å². The minimum Gasteiger partial charge on any atom is -0.467 e. The largest absolute Gasteiger partial charge is 0.467 e. The highest BCUT2D eigenvalue weighted by molar-refractivity contribution is 6.01. The van der Waals surface area contributed by atoms with E-state index >= 15 is 0 Å². The number of aryl methyl sites for hydroxylation is 1. The molecule has 1 fully saturated rings. The maximum absolute atomic E-state index is 12.6. The molecule has 0 aliphatic carbocycles. The number of hydrogen-bond acceptors (Lipinski definition) is 4. The second-order valence-electron chi connectivity index (χ2n) is 6.80. The molecule has 1 aromatic carbocycles. The minimum absolute atomic E-state index is 0.0840. The summed E-state index contributed by atoms with van der Waals surface area (Å²) in [6.07, 6.45) is 1.35. The van der Waals surface area contributed by atoms with Crippen molar-refractivity contribution in [3.63, 3.8) is 0 Å². The Morgan fingerprint density at radius 3 is 2.52 bits per heavy atom. The molecule has 2 rings (SSSR count). The molecule has 6 heteroatoms. The third kappa shape index (κ3) is 4.18. The van der Waals surface area contributed by atoms with Crippen LogP contribution in [-0.4, -0.2) is 37.0 Å². The molecule has 1 aromatic rings. The van der Waals surface area contributed by atoms with Crippen LogP contribution in [0, 0.1) is 12.8 Å². The Morgan fingerprint density at radius 1 is 1.32 bits per heavy atom. The van der Waals surface area contributed by atoms with E-state index in [9.17, 15) is 14.4 Å². The standard InChI is InChI=1S/C19H26N2O4/c1-5-10-19(3,18(24)25-4)20-17(23)14-11-16(22)21(12-14)15-8-6-13(2)7-9-15/h6-9,14H,5,10-12H2,1-4H3,(H,20,23). The van der Waals surface area contributed by atoms with Gasteiger partial charge in [0.15, 0.2) is 0 Å². The van der Waals surface area contributed by atoms with Gasteiger partial charge in [0, 0.05) is 18.7 Å². The molecule has 25 heavy (non-hydrogen) atoms. The lowest BCUT2D eigenvalue weighted by Gasteiger charge is -2.28. The second-order valence-corrected chi connectivity index (χ2v) is 6.80. The zero-order valence-corrected chi connectivity index (χ0v) is 15.3. The van der Waals surface area contributed by atoms with E-state index in [0.29, 0.717) is 13.0 Å². The maximum Gasteiger partial charge on any atom is 0.331 e. The molecule has 0 aromatic heterocycles. The number of carbonyl (C=O) groups is 3. The predicted molar refractivity (Wildman–Crippen MR) is 95.1 cm³/mol. The number of benzene rings is 1. The third-order valence-corrected chi connectivity index (χ3v) is 4.63. The first kappa shape index (κ1) is 19.0. The first-order valence-corrected chi connectivity index (χ1v) is 8.58. The van der Waals surface area contributed by atoms with Crippen molar-refractivity contribution >= 4 is 23.5 Å². The van der Waals surface area contributed by atoms with Gasteiger partial charge in [-0.3, -0.25) is 9.59 Å². The number of anilines is 1. The van der Waals surface area contributed by atoms with E-state index in [0.717, 1.165) is 17.7 Å². The van der Waals surface area contributed by atoms with E-state index < -0.39 is 17.4 Å². The SMILES string of the molecule is CCCC(C)(NC(=O)C1CC(=O)N(c2ccc(C)cc2)C1)C(=O)OC. The van der Waals surface area contributed by atoms with Crippen LogP contribution in [0.25, 0.3) is 0 Å². The summed E-state index contributed by atoms with van der Waals surface area (Å²) in [5.74, 6) is -1.32. The number of rotatable bonds is 6. The van der Waals surface area contributed by atoms with Gasteiger partial charge in [-0.15, -0.1) is 0 Å². The number of esters is 1. The van der Waals surface area contributed by atoms with Crippen molar-refractivity contribution in [2.75, 3.05) is 18.6 Å². The molecular formula is C19H26N2O4. The van der Waals surface area contributed by atoms with Crippen molar-refractivity contribution in [1.29, 1.82) is 0 Å². The number of hydrogen-bond donors (Lipinski definition) is 1. The van der Waals surface area contributed by atoms with Gasteiger partial charge in [0.2, 0.25) is 11.8 Å². The molecule has 2 unspecified atom stereocenters. The van der Waals surface area contributed by atoms with Crippen molar-refractivity contribution in [2.45, 2.75) is 45.6 Å². The van der Waals surface area contributed by atoms with Gasteiger partial charge in [-0.2, -0.15) is 0 Å². The number of nitrogens with one attached hydrogen (secondary N) is 1. The molecule has 0 bridgehead atoms. The van der Waals surface area contributed by atoms with Gasteiger partial charge in [-0.1, -0.05) is 31.0 Å². The Bertz CT molecular complexity index is 656. The summed E-state index contributed by atoms with van der Waals surface area (Å²) in [6, 6.07) is 7.63. The van der Waals surface area contributed by atoms with Crippen molar-refractivity contribution in [2.24, 2.45) is 5.92 Å². The molecular weight excluding hydrogens is 320 g/mol. The molecule has 6 nitrogen and oxygen atoms in total. The summed E-state index contributed by atoms with van der Waals surface area (Å²) in [7, 11) is 1.31. The quantitative estimate of drug-likeness (QED) is 0.801. The molecule has 2 atom stereocenters. The summed E-state index contributed by atoms with van der Waals surface area (Å²) in [6.45, 7) is 5.89.